The summed E-state index contributed by atoms with van der Waals surface area (Å²) in [6.45, 7) is 3.52. The molecule has 1 saturated heterocycles. The molecule has 1 aromatic heterocycles. The minimum atomic E-state index is -0.739. The Labute approximate surface area is 172 Å². The Bertz CT molecular complexity index is 910. The Hall–Kier alpha value is -2.65. The number of esters is 1. The zero-order chi connectivity index (χ0) is 20.6. The van der Waals surface area contributed by atoms with E-state index in [1.807, 2.05) is 30.3 Å². The molecule has 29 heavy (non-hydrogen) atoms. The second-order valence-corrected chi connectivity index (χ2v) is 7.28. The number of rotatable bonds is 7. The molecule has 8 nitrogen and oxygen atoms in total. The Kier molecular flexibility index (Phi) is 7.42. The maximum Gasteiger partial charge on any atom is 0.345 e. The zero-order valence-corrected chi connectivity index (χ0v) is 17.0. The smallest absolute Gasteiger partial charge is 0.345 e. The van der Waals surface area contributed by atoms with Crippen molar-refractivity contribution in [3.8, 4) is 0 Å². The lowest BCUT2D eigenvalue weighted by Gasteiger charge is -2.27. The van der Waals surface area contributed by atoms with E-state index < -0.39 is 11.5 Å². The molecular formula is C20H23N3O5S. The lowest BCUT2D eigenvalue weighted by molar-refractivity contribution is -0.136. The second-order valence-electron chi connectivity index (χ2n) is 6.33. The molecule has 1 aliphatic heterocycles. The Balaban J connectivity index is 1.87. The van der Waals surface area contributed by atoms with Gasteiger partial charge in [-0.1, -0.05) is 42.1 Å². The van der Waals surface area contributed by atoms with Crippen molar-refractivity contribution in [3.05, 3.63) is 58.0 Å². The first-order chi connectivity index (χ1) is 14.1. The lowest BCUT2D eigenvalue weighted by atomic mass is 10.2. The van der Waals surface area contributed by atoms with Crippen LogP contribution in [0.25, 0.3) is 0 Å². The van der Waals surface area contributed by atoms with E-state index >= 15 is 0 Å². The molecule has 1 amide bonds. The number of morpholine rings is 1. The molecule has 0 bridgehead atoms. The quantitative estimate of drug-likeness (QED) is 0.384. The van der Waals surface area contributed by atoms with E-state index in [1.165, 1.54) is 22.5 Å². The predicted octanol–water partition coefficient (Wildman–Crippen LogP) is 1.57. The number of carbonyl (C=O) groups excluding carboxylic acids is 2. The normalized spacial score (nSPS) is 13.9. The van der Waals surface area contributed by atoms with Crippen molar-refractivity contribution in [2.24, 2.45) is 0 Å². The number of amides is 1. The summed E-state index contributed by atoms with van der Waals surface area (Å²) < 4.78 is 11.5. The highest BCUT2D eigenvalue weighted by Gasteiger charge is 2.22. The fourth-order valence-electron chi connectivity index (χ4n) is 2.85. The van der Waals surface area contributed by atoms with E-state index in [9.17, 15) is 14.4 Å². The van der Waals surface area contributed by atoms with Crippen LogP contribution in [-0.4, -0.2) is 59.2 Å². The van der Waals surface area contributed by atoms with Crippen molar-refractivity contribution in [1.29, 1.82) is 0 Å². The van der Waals surface area contributed by atoms with Crippen LogP contribution in [0, 0.1) is 0 Å². The molecule has 9 heteroatoms. The summed E-state index contributed by atoms with van der Waals surface area (Å²) >= 11 is 1.34. The van der Waals surface area contributed by atoms with E-state index in [2.05, 4.69) is 4.98 Å². The average Bonchev–Trinajstić information content (AvgIpc) is 2.75. The van der Waals surface area contributed by atoms with Gasteiger partial charge >= 0.3 is 5.97 Å². The summed E-state index contributed by atoms with van der Waals surface area (Å²) in [5.41, 5.74) is 0.314. The van der Waals surface area contributed by atoms with E-state index in [0.717, 1.165) is 5.56 Å². The molecule has 0 unspecified atom stereocenters. The molecule has 0 radical (unpaired) electrons. The van der Waals surface area contributed by atoms with Crippen molar-refractivity contribution in [1.82, 2.24) is 14.5 Å². The Morgan fingerprint density at radius 3 is 2.62 bits per heavy atom. The first-order valence-corrected chi connectivity index (χ1v) is 10.4. The molecule has 0 N–H and O–H groups in total. The first kappa shape index (κ1) is 21.1. The van der Waals surface area contributed by atoms with E-state index in [4.69, 9.17) is 9.47 Å². The molecule has 2 aromatic rings. The number of aromatic nitrogens is 2. The number of hydrogen-bond acceptors (Lipinski definition) is 7. The van der Waals surface area contributed by atoms with Gasteiger partial charge in [0.1, 0.15) is 12.1 Å². The van der Waals surface area contributed by atoms with Crippen molar-refractivity contribution >= 4 is 23.6 Å². The maximum absolute atomic E-state index is 12.9. The number of benzene rings is 1. The zero-order valence-electron chi connectivity index (χ0n) is 16.2. The molecule has 0 atom stereocenters. The fourth-order valence-corrected chi connectivity index (χ4v) is 3.77. The highest BCUT2D eigenvalue weighted by Crippen LogP contribution is 2.20. The third-order valence-corrected chi connectivity index (χ3v) is 5.44. The van der Waals surface area contributed by atoms with Crippen LogP contribution >= 0.6 is 11.8 Å². The van der Waals surface area contributed by atoms with Gasteiger partial charge in [0.15, 0.2) is 5.16 Å². The monoisotopic (exact) mass is 417 g/mol. The minimum Gasteiger partial charge on any atom is -0.462 e. The molecular weight excluding hydrogens is 394 g/mol. The lowest BCUT2D eigenvalue weighted by Crippen LogP contribution is -2.44. The van der Waals surface area contributed by atoms with Crippen LogP contribution < -0.4 is 5.56 Å². The summed E-state index contributed by atoms with van der Waals surface area (Å²) in [7, 11) is 0. The van der Waals surface area contributed by atoms with Gasteiger partial charge in [-0.15, -0.1) is 0 Å². The molecule has 0 aliphatic carbocycles. The van der Waals surface area contributed by atoms with Gasteiger partial charge in [-0.05, 0) is 12.5 Å². The number of carbonyl (C=O) groups is 2. The Morgan fingerprint density at radius 2 is 1.93 bits per heavy atom. The number of hydrogen-bond donors (Lipinski definition) is 0. The van der Waals surface area contributed by atoms with Gasteiger partial charge in [-0.3, -0.25) is 14.2 Å². The molecule has 1 aromatic carbocycles. The first-order valence-electron chi connectivity index (χ1n) is 9.39. The van der Waals surface area contributed by atoms with Crippen LogP contribution in [0.2, 0.25) is 0 Å². The third-order valence-electron chi connectivity index (χ3n) is 4.37. The maximum atomic E-state index is 12.9. The topological polar surface area (TPSA) is 90.7 Å². The summed E-state index contributed by atoms with van der Waals surface area (Å²) in [6, 6.07) is 9.74. The molecule has 3 rings (SSSR count). The predicted molar refractivity (Wildman–Crippen MR) is 108 cm³/mol. The van der Waals surface area contributed by atoms with E-state index in [1.54, 1.807) is 11.8 Å². The van der Waals surface area contributed by atoms with Crippen LogP contribution in [0.15, 0.2) is 46.5 Å². The summed E-state index contributed by atoms with van der Waals surface area (Å²) in [5.74, 6) is -0.366. The van der Waals surface area contributed by atoms with Crippen LogP contribution in [0.4, 0.5) is 0 Å². The number of nitrogens with zero attached hydrogens (tertiary/aromatic N) is 3. The van der Waals surface area contributed by atoms with E-state index in [-0.39, 0.29) is 24.6 Å². The molecule has 0 spiro atoms. The van der Waals surface area contributed by atoms with Crippen LogP contribution in [0.1, 0.15) is 22.8 Å². The largest absolute Gasteiger partial charge is 0.462 e. The van der Waals surface area contributed by atoms with Gasteiger partial charge in [-0.25, -0.2) is 9.78 Å². The van der Waals surface area contributed by atoms with Crippen LogP contribution in [0.3, 0.4) is 0 Å². The molecule has 0 saturated carbocycles. The van der Waals surface area contributed by atoms with E-state index in [0.29, 0.717) is 37.2 Å². The summed E-state index contributed by atoms with van der Waals surface area (Å²) in [4.78, 5) is 43.7. The van der Waals surface area contributed by atoms with Gasteiger partial charge in [0.2, 0.25) is 5.91 Å². The van der Waals surface area contributed by atoms with Crippen LogP contribution in [0.5, 0.6) is 0 Å². The molecule has 1 fully saturated rings. The highest BCUT2D eigenvalue weighted by atomic mass is 32.2. The van der Waals surface area contributed by atoms with Crippen LogP contribution in [-0.2, 0) is 26.6 Å². The number of ether oxygens (including phenoxy) is 2. The average molecular weight is 417 g/mol. The fraction of sp³-hybridized carbons (Fsp3) is 0.400. The Morgan fingerprint density at radius 1 is 1.21 bits per heavy atom. The van der Waals surface area contributed by atoms with Crippen molar-refractivity contribution < 1.29 is 19.1 Å². The molecule has 2 heterocycles. The van der Waals surface area contributed by atoms with Crippen molar-refractivity contribution in [2.45, 2.75) is 24.4 Å². The number of thioether (sulfide) groups is 1. The van der Waals surface area contributed by atoms with Gasteiger partial charge < -0.3 is 14.4 Å². The molecule has 1 aliphatic rings. The summed E-state index contributed by atoms with van der Waals surface area (Å²) in [5, 5.41) is 0.383. The highest BCUT2D eigenvalue weighted by molar-refractivity contribution is 7.98. The minimum absolute atomic E-state index is 0.148. The molecule has 154 valence electrons. The van der Waals surface area contributed by atoms with Gasteiger partial charge in [0.25, 0.3) is 5.56 Å². The van der Waals surface area contributed by atoms with Crippen molar-refractivity contribution in [2.75, 3.05) is 32.9 Å². The summed E-state index contributed by atoms with van der Waals surface area (Å²) in [6.07, 6.45) is 1.23. The SMILES string of the molecule is CCOC(=O)c1cnc(SCc2ccccc2)n(CC(=O)N2CCOCC2)c1=O. The van der Waals surface area contributed by atoms with Gasteiger partial charge in [0.05, 0.1) is 26.0 Å². The standard InChI is InChI=1S/C20H23N3O5S/c1-2-28-19(26)16-12-21-20(29-14-15-6-4-3-5-7-15)23(18(16)25)13-17(24)22-8-10-27-11-9-22/h3-7,12H,2,8-11,13-14H2,1H3. The van der Waals surface area contributed by atoms with Gasteiger partial charge in [-0.2, -0.15) is 0 Å². The third kappa shape index (κ3) is 5.45. The van der Waals surface area contributed by atoms with Gasteiger partial charge in [0, 0.05) is 18.8 Å². The second kappa shape index (κ2) is 10.2. The van der Waals surface area contributed by atoms with Crippen molar-refractivity contribution in [3.63, 3.8) is 0 Å².